The lowest BCUT2D eigenvalue weighted by molar-refractivity contribution is 0.120. The highest BCUT2D eigenvalue weighted by molar-refractivity contribution is 6.18. The molecule has 5 heteroatoms. The van der Waals surface area contributed by atoms with Crippen molar-refractivity contribution in [2.45, 2.75) is 13.0 Å². The molecule has 0 aromatic heterocycles. The zero-order valence-electron chi connectivity index (χ0n) is 10.00. The lowest BCUT2D eigenvalue weighted by Crippen LogP contribution is -2.30. The molecule has 1 rings (SSSR count). The van der Waals surface area contributed by atoms with E-state index in [-0.39, 0.29) is 12.1 Å². The third kappa shape index (κ3) is 4.24. The van der Waals surface area contributed by atoms with Gasteiger partial charge in [-0.1, -0.05) is 18.2 Å². The molecule has 1 aromatic carbocycles. The van der Waals surface area contributed by atoms with E-state index in [1.54, 1.807) is 7.11 Å². The van der Waals surface area contributed by atoms with Gasteiger partial charge < -0.3 is 15.4 Å². The van der Waals surface area contributed by atoms with Gasteiger partial charge in [0.05, 0.1) is 6.10 Å². The Balaban J connectivity index is 2.73. The van der Waals surface area contributed by atoms with Crippen LogP contribution in [0.1, 0.15) is 18.6 Å². The Labute approximate surface area is 106 Å². The number of anilines is 1. The van der Waals surface area contributed by atoms with Crippen LogP contribution < -0.4 is 10.6 Å². The Morgan fingerprint density at radius 2 is 2.18 bits per heavy atom. The minimum atomic E-state index is -0.263. The van der Waals surface area contributed by atoms with Crippen LogP contribution in [0.25, 0.3) is 0 Å². The van der Waals surface area contributed by atoms with Gasteiger partial charge in [-0.2, -0.15) is 0 Å². The minimum Gasteiger partial charge on any atom is -0.377 e. The number of hydrogen-bond donors (Lipinski definition) is 2. The summed E-state index contributed by atoms with van der Waals surface area (Å²) in [6.07, 6.45) is -0.0699. The van der Waals surface area contributed by atoms with Crippen LogP contribution in [0.4, 0.5) is 10.5 Å². The first-order chi connectivity index (χ1) is 8.19. The maximum absolute atomic E-state index is 11.5. The van der Waals surface area contributed by atoms with Crippen molar-refractivity contribution in [3.63, 3.8) is 0 Å². The molecule has 0 spiro atoms. The van der Waals surface area contributed by atoms with Crippen molar-refractivity contribution in [1.82, 2.24) is 5.32 Å². The van der Waals surface area contributed by atoms with Gasteiger partial charge in [-0.3, -0.25) is 0 Å². The molecule has 0 saturated heterocycles. The van der Waals surface area contributed by atoms with Crippen molar-refractivity contribution in [2.75, 3.05) is 24.9 Å². The number of carbonyl (C=O) groups is 1. The number of benzene rings is 1. The molecule has 0 fully saturated rings. The Kier molecular flexibility index (Phi) is 5.80. The zero-order chi connectivity index (χ0) is 12.7. The summed E-state index contributed by atoms with van der Waals surface area (Å²) in [5.41, 5.74) is 1.69. The van der Waals surface area contributed by atoms with Gasteiger partial charge in [-0.15, -0.1) is 11.6 Å². The average molecular weight is 257 g/mol. The molecule has 1 aromatic rings. The molecule has 17 heavy (non-hydrogen) atoms. The fourth-order valence-corrected chi connectivity index (χ4v) is 1.51. The van der Waals surface area contributed by atoms with E-state index in [2.05, 4.69) is 10.6 Å². The number of halogens is 1. The van der Waals surface area contributed by atoms with E-state index >= 15 is 0 Å². The number of nitrogens with one attached hydrogen (secondary N) is 2. The highest BCUT2D eigenvalue weighted by atomic mass is 35.5. The normalized spacial score (nSPS) is 11.9. The molecule has 2 N–H and O–H groups in total. The van der Waals surface area contributed by atoms with Crippen molar-refractivity contribution in [3.05, 3.63) is 29.8 Å². The highest BCUT2D eigenvalue weighted by Gasteiger charge is 2.10. The van der Waals surface area contributed by atoms with Gasteiger partial charge in [-0.25, -0.2) is 4.79 Å². The fraction of sp³-hybridized carbons (Fsp3) is 0.417. The largest absolute Gasteiger partial charge is 0.377 e. The van der Waals surface area contributed by atoms with E-state index < -0.39 is 0 Å². The first-order valence-corrected chi connectivity index (χ1v) is 5.95. The van der Waals surface area contributed by atoms with Crippen LogP contribution >= 0.6 is 11.6 Å². The number of rotatable bonds is 5. The quantitative estimate of drug-likeness (QED) is 0.796. The average Bonchev–Trinajstić information content (AvgIpc) is 2.36. The topological polar surface area (TPSA) is 50.4 Å². The number of urea groups is 1. The number of ether oxygens (including phenoxy) is 1. The number of methoxy groups -OCH3 is 1. The van der Waals surface area contributed by atoms with Crippen molar-refractivity contribution in [1.29, 1.82) is 0 Å². The minimum absolute atomic E-state index is 0.0699. The number of hydrogen-bond acceptors (Lipinski definition) is 2. The zero-order valence-corrected chi connectivity index (χ0v) is 10.8. The monoisotopic (exact) mass is 256 g/mol. The lowest BCUT2D eigenvalue weighted by atomic mass is 10.1. The van der Waals surface area contributed by atoms with Gasteiger partial charge in [0.2, 0.25) is 0 Å². The van der Waals surface area contributed by atoms with Crippen molar-refractivity contribution in [2.24, 2.45) is 0 Å². The summed E-state index contributed by atoms with van der Waals surface area (Å²) in [5, 5.41) is 5.41. The third-order valence-electron chi connectivity index (χ3n) is 2.38. The van der Waals surface area contributed by atoms with Crippen LogP contribution in [0.15, 0.2) is 24.3 Å². The number of para-hydroxylation sites is 1. The molecule has 0 aliphatic rings. The smallest absolute Gasteiger partial charge is 0.319 e. The number of carbonyl (C=O) groups excluding carboxylic acids is 1. The Bertz CT molecular complexity index is 371. The molecule has 0 bridgehead atoms. The molecular weight excluding hydrogens is 240 g/mol. The number of amides is 2. The van der Waals surface area contributed by atoms with E-state index in [1.165, 1.54) is 0 Å². The summed E-state index contributed by atoms with van der Waals surface area (Å²) in [5.74, 6) is 0.392. The second-order valence-electron chi connectivity index (χ2n) is 3.54. The summed E-state index contributed by atoms with van der Waals surface area (Å²) < 4.78 is 5.25. The summed E-state index contributed by atoms with van der Waals surface area (Å²) in [7, 11) is 1.63. The summed E-state index contributed by atoms with van der Waals surface area (Å²) in [4.78, 5) is 11.5. The molecule has 0 aliphatic heterocycles. The van der Waals surface area contributed by atoms with E-state index in [1.807, 2.05) is 31.2 Å². The predicted octanol–water partition coefficient (Wildman–Crippen LogP) is 2.75. The summed E-state index contributed by atoms with van der Waals surface area (Å²) in [6, 6.07) is 7.27. The Hall–Kier alpha value is -1.26. The SMILES string of the molecule is COC(C)c1ccccc1NC(=O)NCCCl. The molecule has 0 aliphatic carbocycles. The van der Waals surface area contributed by atoms with Gasteiger partial charge in [0, 0.05) is 30.8 Å². The molecule has 0 radical (unpaired) electrons. The molecule has 94 valence electrons. The Morgan fingerprint density at radius 1 is 1.47 bits per heavy atom. The van der Waals surface area contributed by atoms with E-state index in [4.69, 9.17) is 16.3 Å². The van der Waals surface area contributed by atoms with Gasteiger partial charge in [0.15, 0.2) is 0 Å². The van der Waals surface area contributed by atoms with Crippen molar-refractivity contribution in [3.8, 4) is 0 Å². The number of alkyl halides is 1. The maximum atomic E-state index is 11.5. The van der Waals surface area contributed by atoms with Crippen LogP contribution in [0.5, 0.6) is 0 Å². The van der Waals surface area contributed by atoms with Gasteiger partial charge >= 0.3 is 6.03 Å². The van der Waals surface area contributed by atoms with Crippen LogP contribution in [-0.2, 0) is 4.74 Å². The second-order valence-corrected chi connectivity index (χ2v) is 3.91. The van der Waals surface area contributed by atoms with Crippen LogP contribution in [0.2, 0.25) is 0 Å². The van der Waals surface area contributed by atoms with E-state index in [9.17, 15) is 4.79 Å². The van der Waals surface area contributed by atoms with Gasteiger partial charge in [0.1, 0.15) is 0 Å². The predicted molar refractivity (Wildman–Crippen MR) is 69.6 cm³/mol. The second kappa shape index (κ2) is 7.14. The molecule has 0 saturated carbocycles. The summed E-state index contributed by atoms with van der Waals surface area (Å²) >= 11 is 5.49. The summed E-state index contributed by atoms with van der Waals surface area (Å²) in [6.45, 7) is 2.37. The molecule has 0 heterocycles. The van der Waals surface area contributed by atoms with Crippen molar-refractivity contribution >= 4 is 23.3 Å². The first kappa shape index (κ1) is 13.8. The van der Waals surface area contributed by atoms with Gasteiger partial charge in [0.25, 0.3) is 0 Å². The van der Waals surface area contributed by atoms with Crippen LogP contribution in [0, 0.1) is 0 Å². The Morgan fingerprint density at radius 3 is 2.82 bits per heavy atom. The first-order valence-electron chi connectivity index (χ1n) is 5.41. The van der Waals surface area contributed by atoms with E-state index in [0.717, 1.165) is 11.3 Å². The maximum Gasteiger partial charge on any atom is 0.319 e. The molecule has 1 unspecified atom stereocenters. The van der Waals surface area contributed by atoms with E-state index in [0.29, 0.717) is 12.4 Å². The van der Waals surface area contributed by atoms with Gasteiger partial charge in [-0.05, 0) is 13.0 Å². The van der Waals surface area contributed by atoms with Crippen LogP contribution in [0.3, 0.4) is 0 Å². The third-order valence-corrected chi connectivity index (χ3v) is 2.57. The molecule has 2 amide bonds. The molecule has 4 nitrogen and oxygen atoms in total. The molecule has 1 atom stereocenters. The highest BCUT2D eigenvalue weighted by Crippen LogP contribution is 2.24. The molecular formula is C12H17ClN2O2. The fourth-order valence-electron chi connectivity index (χ4n) is 1.42. The van der Waals surface area contributed by atoms with Crippen molar-refractivity contribution < 1.29 is 9.53 Å². The standard InChI is InChI=1S/C12H17ClN2O2/c1-9(17-2)10-5-3-4-6-11(10)15-12(16)14-8-7-13/h3-6,9H,7-8H2,1-2H3,(H2,14,15,16). The lowest BCUT2D eigenvalue weighted by Gasteiger charge is -2.15. The van der Waals surface area contributed by atoms with Crippen LogP contribution in [-0.4, -0.2) is 25.6 Å².